The standard InChI is InChI=1S/C14H20ClN5O/c1-5-19-13(11(15)8-17-19)14(21)18-12-6-7-16-20(12)10(4)9(2)3/h6-10H,5H2,1-4H3,(H,18,21)/t10-/m0/s1. The number of hydrogen-bond donors (Lipinski definition) is 1. The number of halogens is 1. The molecule has 0 aliphatic carbocycles. The molecule has 2 rings (SSSR count). The van der Waals surface area contributed by atoms with Crippen molar-refractivity contribution in [2.75, 3.05) is 5.32 Å². The van der Waals surface area contributed by atoms with Gasteiger partial charge in [0.15, 0.2) is 0 Å². The molecule has 2 heterocycles. The Labute approximate surface area is 129 Å². The number of amides is 1. The molecule has 0 aliphatic rings. The lowest BCUT2D eigenvalue weighted by Crippen LogP contribution is -2.22. The summed E-state index contributed by atoms with van der Waals surface area (Å²) in [7, 11) is 0. The van der Waals surface area contributed by atoms with Gasteiger partial charge in [0.2, 0.25) is 0 Å². The third-order valence-corrected chi connectivity index (χ3v) is 3.85. The number of hydrogen-bond acceptors (Lipinski definition) is 3. The second-order valence-electron chi connectivity index (χ2n) is 5.26. The Hall–Kier alpha value is -1.82. The summed E-state index contributed by atoms with van der Waals surface area (Å²) in [6.07, 6.45) is 3.15. The van der Waals surface area contributed by atoms with Crippen LogP contribution in [-0.2, 0) is 6.54 Å². The van der Waals surface area contributed by atoms with Crippen LogP contribution in [0, 0.1) is 5.92 Å². The zero-order chi connectivity index (χ0) is 15.6. The van der Waals surface area contributed by atoms with Crippen LogP contribution in [0.3, 0.4) is 0 Å². The maximum absolute atomic E-state index is 12.4. The molecule has 6 nitrogen and oxygen atoms in total. The Morgan fingerprint density at radius 1 is 1.38 bits per heavy atom. The van der Waals surface area contributed by atoms with Crippen LogP contribution in [-0.4, -0.2) is 25.5 Å². The highest BCUT2D eigenvalue weighted by molar-refractivity contribution is 6.34. The number of anilines is 1. The van der Waals surface area contributed by atoms with Gasteiger partial charge in [0, 0.05) is 12.6 Å². The van der Waals surface area contributed by atoms with Gasteiger partial charge in [0.25, 0.3) is 5.91 Å². The first-order valence-electron chi connectivity index (χ1n) is 7.01. The van der Waals surface area contributed by atoms with Crippen molar-refractivity contribution in [1.29, 1.82) is 0 Å². The van der Waals surface area contributed by atoms with Crippen LogP contribution in [0.2, 0.25) is 5.02 Å². The number of aromatic nitrogens is 4. The van der Waals surface area contributed by atoms with Crippen LogP contribution >= 0.6 is 11.6 Å². The molecule has 2 aromatic heterocycles. The highest BCUT2D eigenvalue weighted by atomic mass is 35.5. The normalized spacial score (nSPS) is 12.7. The molecule has 2 aromatic rings. The largest absolute Gasteiger partial charge is 0.305 e. The van der Waals surface area contributed by atoms with Gasteiger partial charge < -0.3 is 5.32 Å². The van der Waals surface area contributed by atoms with Crippen molar-refractivity contribution in [3.8, 4) is 0 Å². The molecule has 0 radical (unpaired) electrons. The van der Waals surface area contributed by atoms with Crippen molar-refractivity contribution < 1.29 is 4.79 Å². The SMILES string of the molecule is CCn1ncc(Cl)c1C(=O)Nc1ccnn1[C@@H](C)C(C)C. The molecule has 0 saturated carbocycles. The Bertz CT molecular complexity index is 631. The summed E-state index contributed by atoms with van der Waals surface area (Å²) < 4.78 is 3.38. The molecule has 0 unspecified atom stereocenters. The smallest absolute Gasteiger partial charge is 0.276 e. The highest BCUT2D eigenvalue weighted by Gasteiger charge is 2.20. The van der Waals surface area contributed by atoms with E-state index in [0.717, 1.165) is 0 Å². The van der Waals surface area contributed by atoms with Crippen molar-refractivity contribution in [2.45, 2.75) is 40.3 Å². The van der Waals surface area contributed by atoms with Crippen molar-refractivity contribution in [1.82, 2.24) is 19.6 Å². The van der Waals surface area contributed by atoms with Gasteiger partial charge in [-0.25, -0.2) is 4.68 Å². The van der Waals surface area contributed by atoms with Gasteiger partial charge in [-0.05, 0) is 19.8 Å². The summed E-state index contributed by atoms with van der Waals surface area (Å²) in [6.45, 7) is 8.78. The molecule has 0 aromatic carbocycles. The van der Waals surface area contributed by atoms with Gasteiger partial charge in [-0.3, -0.25) is 9.48 Å². The van der Waals surface area contributed by atoms with Gasteiger partial charge in [-0.15, -0.1) is 0 Å². The third-order valence-electron chi connectivity index (χ3n) is 3.57. The highest BCUT2D eigenvalue weighted by Crippen LogP contribution is 2.22. The van der Waals surface area contributed by atoms with E-state index in [1.807, 2.05) is 11.6 Å². The summed E-state index contributed by atoms with van der Waals surface area (Å²) in [4.78, 5) is 12.4. The van der Waals surface area contributed by atoms with Crippen molar-refractivity contribution >= 4 is 23.3 Å². The Morgan fingerprint density at radius 2 is 2.10 bits per heavy atom. The second-order valence-corrected chi connectivity index (χ2v) is 5.66. The number of carbonyl (C=O) groups excluding carboxylic acids is 1. The van der Waals surface area contributed by atoms with E-state index in [9.17, 15) is 4.79 Å². The summed E-state index contributed by atoms with van der Waals surface area (Å²) in [5.74, 6) is 0.781. The Balaban J connectivity index is 2.25. The number of nitrogens with zero attached hydrogens (tertiary/aromatic N) is 4. The number of nitrogens with one attached hydrogen (secondary N) is 1. The molecule has 1 amide bonds. The predicted molar refractivity (Wildman–Crippen MR) is 82.6 cm³/mol. The van der Waals surface area contributed by atoms with E-state index in [0.29, 0.717) is 29.0 Å². The van der Waals surface area contributed by atoms with Crippen LogP contribution in [0.5, 0.6) is 0 Å². The zero-order valence-electron chi connectivity index (χ0n) is 12.7. The fraction of sp³-hybridized carbons (Fsp3) is 0.500. The van der Waals surface area contributed by atoms with Crippen LogP contribution in [0.15, 0.2) is 18.5 Å². The summed E-state index contributed by atoms with van der Waals surface area (Å²) in [6, 6.07) is 1.96. The number of carbonyl (C=O) groups is 1. The van der Waals surface area contributed by atoms with E-state index in [2.05, 4.69) is 36.3 Å². The molecule has 1 N–H and O–H groups in total. The fourth-order valence-corrected chi connectivity index (χ4v) is 2.25. The molecule has 0 saturated heterocycles. The molecule has 114 valence electrons. The predicted octanol–water partition coefficient (Wildman–Crippen LogP) is 3.22. The van der Waals surface area contributed by atoms with Gasteiger partial charge >= 0.3 is 0 Å². The minimum atomic E-state index is -0.281. The average Bonchev–Trinajstić information content (AvgIpc) is 3.03. The lowest BCUT2D eigenvalue weighted by Gasteiger charge is -2.19. The molecule has 1 atom stereocenters. The lowest BCUT2D eigenvalue weighted by atomic mass is 10.1. The first-order chi connectivity index (χ1) is 9.95. The van der Waals surface area contributed by atoms with Crippen LogP contribution in [0.4, 0.5) is 5.82 Å². The molecular weight excluding hydrogens is 290 g/mol. The summed E-state index contributed by atoms with van der Waals surface area (Å²) in [5, 5.41) is 11.6. The first kappa shape index (κ1) is 15.6. The van der Waals surface area contributed by atoms with E-state index in [1.54, 1.807) is 16.9 Å². The molecule has 7 heteroatoms. The summed E-state index contributed by atoms with van der Waals surface area (Å²) >= 11 is 6.04. The van der Waals surface area contributed by atoms with Crippen molar-refractivity contribution in [2.24, 2.45) is 5.92 Å². The molecule has 0 spiro atoms. The van der Waals surface area contributed by atoms with Gasteiger partial charge in [-0.2, -0.15) is 10.2 Å². The lowest BCUT2D eigenvalue weighted by molar-refractivity contribution is 0.101. The monoisotopic (exact) mass is 309 g/mol. The zero-order valence-corrected chi connectivity index (χ0v) is 13.4. The fourth-order valence-electron chi connectivity index (χ4n) is 2.02. The molecule has 0 aliphatic heterocycles. The quantitative estimate of drug-likeness (QED) is 0.922. The molecule has 21 heavy (non-hydrogen) atoms. The summed E-state index contributed by atoms with van der Waals surface area (Å²) in [5.41, 5.74) is 0.365. The molecule has 0 fully saturated rings. The van der Waals surface area contributed by atoms with Crippen molar-refractivity contribution in [3.05, 3.63) is 29.2 Å². The minimum Gasteiger partial charge on any atom is -0.305 e. The minimum absolute atomic E-state index is 0.182. The maximum atomic E-state index is 12.4. The van der Waals surface area contributed by atoms with E-state index in [4.69, 9.17) is 11.6 Å². The van der Waals surface area contributed by atoms with Gasteiger partial charge in [-0.1, -0.05) is 25.4 Å². The van der Waals surface area contributed by atoms with Crippen LogP contribution in [0.1, 0.15) is 44.2 Å². The second kappa shape index (κ2) is 6.30. The van der Waals surface area contributed by atoms with E-state index in [-0.39, 0.29) is 11.9 Å². The Kier molecular flexibility index (Phi) is 4.67. The first-order valence-corrected chi connectivity index (χ1v) is 7.39. The maximum Gasteiger partial charge on any atom is 0.276 e. The number of aryl methyl sites for hydroxylation is 1. The van der Waals surface area contributed by atoms with E-state index >= 15 is 0 Å². The topological polar surface area (TPSA) is 64.7 Å². The van der Waals surface area contributed by atoms with Crippen LogP contribution in [0.25, 0.3) is 0 Å². The Morgan fingerprint density at radius 3 is 2.71 bits per heavy atom. The number of rotatable bonds is 5. The third kappa shape index (κ3) is 3.10. The van der Waals surface area contributed by atoms with Crippen LogP contribution < -0.4 is 5.32 Å². The van der Waals surface area contributed by atoms with E-state index in [1.165, 1.54) is 6.20 Å². The van der Waals surface area contributed by atoms with E-state index < -0.39 is 0 Å². The molecular formula is C14H20ClN5O. The van der Waals surface area contributed by atoms with Gasteiger partial charge in [0.1, 0.15) is 11.5 Å². The van der Waals surface area contributed by atoms with Crippen molar-refractivity contribution in [3.63, 3.8) is 0 Å². The molecule has 0 bridgehead atoms. The average molecular weight is 310 g/mol. The van der Waals surface area contributed by atoms with Gasteiger partial charge in [0.05, 0.1) is 23.5 Å².